The fraction of sp³-hybridized carbons (Fsp3) is 1.00. The molecule has 24 heavy (non-hydrogen) atoms. The molecule has 0 N–H and O–H groups in total. The molecule has 2 atom stereocenters. The summed E-state index contributed by atoms with van der Waals surface area (Å²) in [6.45, 7) is 6.50. The molecule has 2 aliphatic carbocycles. The number of nitrogens with zero attached hydrogens (tertiary/aromatic N) is 2. The summed E-state index contributed by atoms with van der Waals surface area (Å²) in [7, 11) is 0. The van der Waals surface area contributed by atoms with Gasteiger partial charge < -0.3 is 9.47 Å². The van der Waals surface area contributed by atoms with Crippen LogP contribution in [0.2, 0.25) is 0 Å². The Morgan fingerprint density at radius 3 is 1.00 bits per heavy atom. The minimum absolute atomic E-state index is 0.214. The average Bonchev–Trinajstić information content (AvgIpc) is 3.13. The summed E-state index contributed by atoms with van der Waals surface area (Å²) >= 11 is 0. The SMILES string of the molecule is C1CC2CCC1CN([C@H]1CO[C@@H](N3CC4CCC(CC4)C3)CO1)C2. The van der Waals surface area contributed by atoms with Crippen molar-refractivity contribution in [1.82, 2.24) is 9.80 Å². The quantitative estimate of drug-likeness (QED) is 0.775. The zero-order valence-electron chi connectivity index (χ0n) is 15.1. The molecule has 0 spiro atoms. The van der Waals surface area contributed by atoms with Crippen LogP contribution < -0.4 is 0 Å². The van der Waals surface area contributed by atoms with Gasteiger partial charge in [-0.15, -0.1) is 0 Å². The summed E-state index contributed by atoms with van der Waals surface area (Å²) in [4.78, 5) is 5.22. The second kappa shape index (κ2) is 6.86. The van der Waals surface area contributed by atoms with E-state index in [1.807, 2.05) is 0 Å². The van der Waals surface area contributed by atoms with Crippen molar-refractivity contribution in [3.63, 3.8) is 0 Å². The summed E-state index contributed by atoms with van der Waals surface area (Å²) in [6.07, 6.45) is 11.9. The minimum atomic E-state index is 0.214. The van der Waals surface area contributed by atoms with Gasteiger partial charge in [-0.1, -0.05) is 0 Å². The summed E-state index contributed by atoms with van der Waals surface area (Å²) in [6, 6.07) is 0. The zero-order chi connectivity index (χ0) is 15.9. The predicted octanol–water partition coefficient (Wildman–Crippen LogP) is 2.93. The molecule has 4 heteroatoms. The van der Waals surface area contributed by atoms with Crippen molar-refractivity contribution in [2.45, 2.75) is 63.8 Å². The van der Waals surface area contributed by atoms with Crippen LogP contribution in [0, 0.1) is 23.7 Å². The smallest absolute Gasteiger partial charge is 0.134 e. The lowest BCUT2D eigenvalue weighted by molar-refractivity contribution is -0.224. The molecule has 0 aromatic heterocycles. The van der Waals surface area contributed by atoms with Gasteiger partial charge in [0.15, 0.2) is 0 Å². The van der Waals surface area contributed by atoms with Crippen LogP contribution in [0.4, 0.5) is 0 Å². The van der Waals surface area contributed by atoms with Crippen molar-refractivity contribution in [2.75, 3.05) is 39.4 Å². The van der Waals surface area contributed by atoms with Crippen molar-refractivity contribution in [1.29, 1.82) is 0 Å². The first-order valence-electron chi connectivity index (χ1n) is 10.5. The van der Waals surface area contributed by atoms with E-state index < -0.39 is 0 Å². The molecule has 0 amide bonds. The third-order valence-electron chi connectivity index (χ3n) is 7.58. The lowest BCUT2D eigenvalue weighted by atomic mass is 9.84. The summed E-state index contributed by atoms with van der Waals surface area (Å²) in [5, 5.41) is 0. The first-order valence-corrected chi connectivity index (χ1v) is 10.5. The van der Waals surface area contributed by atoms with Gasteiger partial charge in [-0.05, 0) is 75.0 Å². The van der Waals surface area contributed by atoms with E-state index in [1.54, 1.807) is 0 Å². The fourth-order valence-electron chi connectivity index (χ4n) is 6.04. The maximum absolute atomic E-state index is 6.35. The Balaban J connectivity index is 1.17. The average molecular weight is 335 g/mol. The first-order chi connectivity index (χ1) is 11.8. The van der Waals surface area contributed by atoms with Gasteiger partial charge in [-0.25, -0.2) is 0 Å². The summed E-state index contributed by atoms with van der Waals surface area (Å²) in [5.74, 6) is 3.63. The summed E-state index contributed by atoms with van der Waals surface area (Å²) in [5.41, 5.74) is 0. The van der Waals surface area contributed by atoms with Crippen LogP contribution in [0.15, 0.2) is 0 Å². The van der Waals surface area contributed by atoms with Crippen LogP contribution in [-0.2, 0) is 9.47 Å². The Kier molecular flexibility index (Phi) is 4.59. The Labute approximate surface area is 146 Å². The Hall–Kier alpha value is -0.160. The number of ether oxygens (including phenoxy) is 2. The zero-order valence-corrected chi connectivity index (χ0v) is 15.1. The van der Waals surface area contributed by atoms with Crippen molar-refractivity contribution in [3.8, 4) is 0 Å². The van der Waals surface area contributed by atoms with Crippen LogP contribution in [-0.4, -0.2) is 61.6 Å². The third kappa shape index (κ3) is 3.27. The van der Waals surface area contributed by atoms with E-state index in [0.29, 0.717) is 0 Å². The molecule has 0 aromatic rings. The molecule has 4 nitrogen and oxygen atoms in total. The van der Waals surface area contributed by atoms with E-state index >= 15 is 0 Å². The fourth-order valence-corrected chi connectivity index (χ4v) is 6.04. The molecular formula is C20H34N2O2. The lowest BCUT2D eigenvalue weighted by Gasteiger charge is -2.41. The standard InChI is InChI=1S/C20H34N2O2/c1-2-16-4-3-15(1)9-21(10-16)19-13-24-20(14-23-19)22-11-17-5-6-18(12-22)8-7-17/h15-20H,1-14H2/t15?,16?,17?,18?,19-,20-/m1/s1. The minimum Gasteiger partial charge on any atom is -0.357 e. The van der Waals surface area contributed by atoms with Gasteiger partial charge in [-0.3, -0.25) is 9.80 Å². The number of fused-ring (bicyclic) bond motifs is 8. The molecule has 7 rings (SSSR count). The number of rotatable bonds is 2. The highest BCUT2D eigenvalue weighted by Gasteiger charge is 2.38. The van der Waals surface area contributed by atoms with Crippen LogP contribution in [0.5, 0.6) is 0 Å². The number of hydrogen-bond donors (Lipinski definition) is 0. The molecule has 5 saturated heterocycles. The highest BCUT2D eigenvalue weighted by Crippen LogP contribution is 2.37. The monoisotopic (exact) mass is 334 g/mol. The van der Waals surface area contributed by atoms with E-state index in [2.05, 4.69) is 9.80 Å². The van der Waals surface area contributed by atoms with Crippen LogP contribution in [0.1, 0.15) is 51.4 Å². The topological polar surface area (TPSA) is 24.9 Å². The molecule has 5 heterocycles. The Morgan fingerprint density at radius 1 is 0.458 bits per heavy atom. The molecule has 0 unspecified atom stereocenters. The molecule has 0 radical (unpaired) electrons. The van der Waals surface area contributed by atoms with Gasteiger partial charge in [0.2, 0.25) is 0 Å². The molecule has 5 aliphatic heterocycles. The van der Waals surface area contributed by atoms with Gasteiger partial charge in [0, 0.05) is 26.2 Å². The second-order valence-electron chi connectivity index (χ2n) is 9.26. The summed E-state index contributed by atoms with van der Waals surface area (Å²) < 4.78 is 12.7. The van der Waals surface area contributed by atoms with E-state index in [-0.39, 0.29) is 12.5 Å². The van der Waals surface area contributed by atoms with Crippen LogP contribution >= 0.6 is 0 Å². The number of hydrogen-bond acceptors (Lipinski definition) is 4. The second-order valence-corrected chi connectivity index (χ2v) is 9.26. The largest absolute Gasteiger partial charge is 0.357 e. The van der Waals surface area contributed by atoms with Gasteiger partial charge in [0.1, 0.15) is 12.5 Å². The molecule has 0 aromatic carbocycles. The predicted molar refractivity (Wildman–Crippen MR) is 93.5 cm³/mol. The van der Waals surface area contributed by atoms with Gasteiger partial charge in [0.05, 0.1) is 13.2 Å². The first kappa shape index (κ1) is 16.0. The van der Waals surface area contributed by atoms with Crippen molar-refractivity contribution < 1.29 is 9.47 Å². The highest BCUT2D eigenvalue weighted by molar-refractivity contribution is 4.87. The molecule has 4 bridgehead atoms. The van der Waals surface area contributed by atoms with E-state index in [4.69, 9.17) is 9.47 Å². The van der Waals surface area contributed by atoms with E-state index in [0.717, 1.165) is 36.9 Å². The molecule has 7 aliphatic rings. The maximum Gasteiger partial charge on any atom is 0.134 e. The van der Waals surface area contributed by atoms with Gasteiger partial charge in [0.25, 0.3) is 0 Å². The van der Waals surface area contributed by atoms with E-state index in [9.17, 15) is 0 Å². The Bertz CT molecular complexity index is 353. The van der Waals surface area contributed by atoms with E-state index in [1.165, 1.54) is 77.5 Å². The third-order valence-corrected chi connectivity index (χ3v) is 7.58. The van der Waals surface area contributed by atoms with Crippen LogP contribution in [0.25, 0.3) is 0 Å². The molecule has 7 fully saturated rings. The highest BCUT2D eigenvalue weighted by atomic mass is 16.6. The molecule has 2 saturated carbocycles. The maximum atomic E-state index is 6.35. The lowest BCUT2D eigenvalue weighted by Crippen LogP contribution is -2.53. The van der Waals surface area contributed by atoms with Gasteiger partial charge >= 0.3 is 0 Å². The molecular weight excluding hydrogens is 300 g/mol. The van der Waals surface area contributed by atoms with Crippen molar-refractivity contribution in [3.05, 3.63) is 0 Å². The van der Waals surface area contributed by atoms with Crippen molar-refractivity contribution >= 4 is 0 Å². The normalized spacial score (nSPS) is 47.5. The molecule has 136 valence electrons. The van der Waals surface area contributed by atoms with Gasteiger partial charge in [-0.2, -0.15) is 0 Å². The Morgan fingerprint density at radius 2 is 0.750 bits per heavy atom. The van der Waals surface area contributed by atoms with Crippen LogP contribution in [0.3, 0.4) is 0 Å². The van der Waals surface area contributed by atoms with Crippen molar-refractivity contribution in [2.24, 2.45) is 23.7 Å².